The third kappa shape index (κ3) is 5.75. The number of nitrogens with two attached hydrogens (primary N) is 2. The van der Waals surface area contributed by atoms with Crippen LogP contribution in [-0.2, 0) is 33.8 Å². The lowest BCUT2D eigenvalue weighted by molar-refractivity contribution is -0.131. The molecule has 5 N–H and O–H groups in total. The van der Waals surface area contributed by atoms with Crippen LogP contribution in [-0.4, -0.2) is 34.2 Å². The molecule has 9 nitrogen and oxygen atoms in total. The minimum Gasteiger partial charge on any atom is -0.465 e. The molecule has 1 aromatic carbocycles. The van der Waals surface area contributed by atoms with Crippen molar-refractivity contribution < 1.29 is 19.1 Å². The van der Waals surface area contributed by atoms with Gasteiger partial charge in [0.15, 0.2) is 6.10 Å². The summed E-state index contributed by atoms with van der Waals surface area (Å²) in [6, 6.07) is 8.17. The maximum Gasteiger partial charge on any atom is 0.341 e. The van der Waals surface area contributed by atoms with Gasteiger partial charge in [-0.05, 0) is 42.9 Å². The normalized spacial score (nSPS) is 12.1. The molecule has 0 saturated carbocycles. The second kappa shape index (κ2) is 11.2. The van der Waals surface area contributed by atoms with Crippen molar-refractivity contribution in [1.29, 1.82) is 0 Å². The summed E-state index contributed by atoms with van der Waals surface area (Å²) in [4.78, 5) is 29.3. The highest BCUT2D eigenvalue weighted by molar-refractivity contribution is 5.92. The average molecular weight is 480 g/mol. The van der Waals surface area contributed by atoms with Gasteiger partial charge in [-0.2, -0.15) is 5.10 Å². The maximum absolute atomic E-state index is 12.3. The highest BCUT2D eigenvalue weighted by atomic mass is 16.5. The summed E-state index contributed by atoms with van der Waals surface area (Å²) >= 11 is 0. The number of hydrogen-bond donors (Lipinski definition) is 3. The molecule has 2 aromatic heterocycles. The van der Waals surface area contributed by atoms with E-state index < -0.39 is 18.0 Å². The highest BCUT2D eigenvalue weighted by Crippen LogP contribution is 2.34. The number of primary amides is 1. The predicted octanol–water partition coefficient (Wildman–Crippen LogP) is 3.28. The van der Waals surface area contributed by atoms with Gasteiger partial charge in [-0.25, -0.2) is 4.79 Å². The number of ether oxygens (including phenoxy) is 2. The Morgan fingerprint density at radius 2 is 1.80 bits per heavy atom. The molecule has 1 unspecified atom stereocenters. The lowest BCUT2D eigenvalue weighted by Crippen LogP contribution is -2.26. The lowest BCUT2D eigenvalue weighted by atomic mass is 9.90. The van der Waals surface area contributed by atoms with E-state index in [-0.39, 0.29) is 17.9 Å². The van der Waals surface area contributed by atoms with Crippen molar-refractivity contribution in [3.63, 3.8) is 0 Å². The first-order chi connectivity index (χ1) is 16.7. The fourth-order valence-electron chi connectivity index (χ4n) is 4.11. The van der Waals surface area contributed by atoms with Gasteiger partial charge in [-0.3, -0.25) is 14.9 Å². The number of methoxy groups -OCH3 is 1. The summed E-state index contributed by atoms with van der Waals surface area (Å²) in [6.07, 6.45) is 0.820. The number of hydrogen-bond acceptors (Lipinski definition) is 7. The zero-order chi connectivity index (χ0) is 25.7. The van der Waals surface area contributed by atoms with Gasteiger partial charge in [0.1, 0.15) is 5.56 Å². The Kier molecular flexibility index (Phi) is 8.37. The molecule has 0 bridgehead atoms. The molecule has 3 aromatic rings. The van der Waals surface area contributed by atoms with E-state index in [1.807, 2.05) is 38.1 Å². The largest absolute Gasteiger partial charge is 0.465 e. The predicted molar refractivity (Wildman–Crippen MR) is 132 cm³/mol. The van der Waals surface area contributed by atoms with Gasteiger partial charge < -0.3 is 20.9 Å². The average Bonchev–Trinajstić information content (AvgIpc) is 3.29. The van der Waals surface area contributed by atoms with E-state index in [9.17, 15) is 9.59 Å². The number of esters is 1. The Balaban J connectivity index is 2.10. The van der Waals surface area contributed by atoms with E-state index in [4.69, 9.17) is 25.9 Å². The van der Waals surface area contributed by atoms with E-state index in [0.717, 1.165) is 45.6 Å². The van der Waals surface area contributed by atoms with Gasteiger partial charge in [0.2, 0.25) is 0 Å². The number of carbonyl (C=O) groups is 2. The fraction of sp³-hybridized carbons (Fsp3) is 0.385. The second-order valence-corrected chi connectivity index (χ2v) is 8.93. The van der Waals surface area contributed by atoms with Crippen LogP contribution in [0.2, 0.25) is 0 Å². The van der Waals surface area contributed by atoms with Crippen molar-refractivity contribution in [2.24, 2.45) is 17.4 Å². The number of nitrogens with zero attached hydrogens (tertiary/aromatic N) is 2. The number of H-pyrrole nitrogens is 1. The van der Waals surface area contributed by atoms with Crippen LogP contribution in [0.4, 0.5) is 0 Å². The second-order valence-electron chi connectivity index (χ2n) is 8.93. The maximum atomic E-state index is 12.3. The number of amides is 1. The molecule has 0 saturated heterocycles. The Labute approximate surface area is 205 Å². The first kappa shape index (κ1) is 26.1. The number of aromatic nitrogens is 3. The number of benzene rings is 1. The molecule has 0 aliphatic carbocycles. The standard InChI is InChI=1S/C26H33N5O4/c1-14(2)10-21-18(11-27)22(17-8-6-15(3)7-9-17)20(16(4)30-21)13-35-24(25(28)32)23-19(12-29-31-23)26(33)34-5/h6-9,12,14,24H,10-11,13,27H2,1-5H3,(H2,28,32)(H,29,31). The van der Waals surface area contributed by atoms with Crippen molar-refractivity contribution >= 4 is 11.9 Å². The summed E-state index contributed by atoms with van der Waals surface area (Å²) in [7, 11) is 1.25. The molecule has 0 radical (unpaired) electrons. The summed E-state index contributed by atoms with van der Waals surface area (Å²) in [5.74, 6) is -1.01. The van der Waals surface area contributed by atoms with Gasteiger partial charge >= 0.3 is 5.97 Å². The van der Waals surface area contributed by atoms with Crippen LogP contribution in [0, 0.1) is 19.8 Å². The van der Waals surface area contributed by atoms with Gasteiger partial charge in [0.25, 0.3) is 5.91 Å². The molecule has 0 fully saturated rings. The van der Waals surface area contributed by atoms with Gasteiger partial charge in [-0.15, -0.1) is 0 Å². The van der Waals surface area contributed by atoms with Crippen LogP contribution in [0.5, 0.6) is 0 Å². The van der Waals surface area contributed by atoms with E-state index >= 15 is 0 Å². The molecule has 2 heterocycles. The summed E-state index contributed by atoms with van der Waals surface area (Å²) in [6.45, 7) is 8.54. The molecule has 9 heteroatoms. The summed E-state index contributed by atoms with van der Waals surface area (Å²) < 4.78 is 10.8. The minimum atomic E-state index is -1.24. The number of rotatable bonds is 10. The zero-order valence-electron chi connectivity index (χ0n) is 20.8. The van der Waals surface area contributed by atoms with Crippen molar-refractivity contribution in [2.45, 2.75) is 53.4 Å². The third-order valence-corrected chi connectivity index (χ3v) is 5.83. The number of carbonyl (C=O) groups excluding carboxylic acids is 2. The monoisotopic (exact) mass is 479 g/mol. The van der Waals surface area contributed by atoms with Crippen LogP contribution in [0.1, 0.15) is 64.1 Å². The minimum absolute atomic E-state index is 0.0181. The molecule has 35 heavy (non-hydrogen) atoms. The van der Waals surface area contributed by atoms with Gasteiger partial charge in [0, 0.05) is 23.5 Å². The van der Waals surface area contributed by atoms with Crippen LogP contribution >= 0.6 is 0 Å². The molecule has 0 aliphatic rings. The number of pyridine rings is 1. The molecule has 3 rings (SSSR count). The Bertz CT molecular complexity index is 1200. The van der Waals surface area contributed by atoms with Crippen LogP contribution in [0.3, 0.4) is 0 Å². The number of aromatic amines is 1. The van der Waals surface area contributed by atoms with Crippen molar-refractivity contribution in [3.8, 4) is 11.1 Å². The smallest absolute Gasteiger partial charge is 0.341 e. The fourth-order valence-corrected chi connectivity index (χ4v) is 4.11. The SMILES string of the molecule is COC(=O)c1cn[nH]c1C(OCc1c(C)nc(CC(C)C)c(CN)c1-c1ccc(C)cc1)C(N)=O. The van der Waals surface area contributed by atoms with Crippen LogP contribution in [0.15, 0.2) is 30.5 Å². The van der Waals surface area contributed by atoms with E-state index in [2.05, 4.69) is 24.0 Å². The van der Waals surface area contributed by atoms with E-state index in [1.165, 1.54) is 13.3 Å². The highest BCUT2D eigenvalue weighted by Gasteiger charge is 2.28. The van der Waals surface area contributed by atoms with Gasteiger partial charge in [0.05, 0.1) is 25.6 Å². The Hall–Kier alpha value is -3.56. The molecular weight excluding hydrogens is 446 g/mol. The van der Waals surface area contributed by atoms with E-state index in [0.29, 0.717) is 12.5 Å². The van der Waals surface area contributed by atoms with Crippen LogP contribution in [0.25, 0.3) is 11.1 Å². The first-order valence-corrected chi connectivity index (χ1v) is 11.5. The zero-order valence-corrected chi connectivity index (χ0v) is 20.8. The summed E-state index contributed by atoms with van der Waals surface area (Å²) in [5.41, 5.74) is 18.6. The lowest BCUT2D eigenvalue weighted by Gasteiger charge is -2.22. The number of aryl methyl sites for hydroxylation is 2. The molecule has 186 valence electrons. The molecule has 0 aliphatic heterocycles. The Morgan fingerprint density at radius 1 is 1.11 bits per heavy atom. The first-order valence-electron chi connectivity index (χ1n) is 11.5. The Morgan fingerprint density at radius 3 is 2.37 bits per heavy atom. The van der Waals surface area contributed by atoms with Crippen molar-refractivity contribution in [3.05, 3.63) is 69.8 Å². The molecular formula is C26H33N5O4. The quantitative estimate of drug-likeness (QED) is 0.378. The summed E-state index contributed by atoms with van der Waals surface area (Å²) in [5, 5.41) is 6.51. The molecule has 0 spiro atoms. The van der Waals surface area contributed by atoms with Gasteiger partial charge in [-0.1, -0.05) is 43.7 Å². The van der Waals surface area contributed by atoms with E-state index in [1.54, 1.807) is 0 Å². The molecule has 1 atom stereocenters. The van der Waals surface area contributed by atoms with Crippen molar-refractivity contribution in [2.75, 3.05) is 7.11 Å². The number of nitrogens with one attached hydrogen (secondary N) is 1. The molecule has 1 amide bonds. The van der Waals surface area contributed by atoms with Crippen LogP contribution < -0.4 is 11.5 Å². The third-order valence-electron chi connectivity index (χ3n) is 5.83. The topological polar surface area (TPSA) is 146 Å². The van der Waals surface area contributed by atoms with Crippen molar-refractivity contribution in [1.82, 2.24) is 15.2 Å².